The third-order valence-electron chi connectivity index (χ3n) is 11.6. The molecule has 46 heavy (non-hydrogen) atoms. The lowest BCUT2D eigenvalue weighted by Crippen LogP contribution is -2.49. The molecule has 4 aliphatic rings. The topological polar surface area (TPSA) is 64.5 Å². The summed E-state index contributed by atoms with van der Waals surface area (Å²) in [6, 6.07) is 14.1. The molecule has 2 fully saturated rings. The highest BCUT2D eigenvalue weighted by Gasteiger charge is 2.44. The maximum atomic E-state index is 12.6. The van der Waals surface area contributed by atoms with Crippen LogP contribution in [0.5, 0.6) is 5.75 Å². The zero-order valence-electron chi connectivity index (χ0n) is 27.2. The predicted molar refractivity (Wildman–Crippen MR) is 183 cm³/mol. The van der Waals surface area contributed by atoms with E-state index in [1.54, 1.807) is 0 Å². The first-order chi connectivity index (χ1) is 22.4. The van der Waals surface area contributed by atoms with Crippen molar-refractivity contribution in [2.45, 2.75) is 70.1 Å². The summed E-state index contributed by atoms with van der Waals surface area (Å²) >= 11 is 6.45. The molecule has 0 N–H and O–H groups in total. The zero-order chi connectivity index (χ0) is 31.7. The number of rotatable bonds is 9. The number of halogens is 1. The Morgan fingerprint density at radius 3 is 2.74 bits per heavy atom. The Balaban J connectivity index is 1.08. The van der Waals surface area contributed by atoms with E-state index in [4.69, 9.17) is 21.1 Å². The van der Waals surface area contributed by atoms with E-state index in [-0.39, 0.29) is 11.4 Å². The van der Waals surface area contributed by atoms with E-state index in [2.05, 4.69) is 46.1 Å². The van der Waals surface area contributed by atoms with Crippen molar-refractivity contribution in [1.82, 2.24) is 9.97 Å². The summed E-state index contributed by atoms with van der Waals surface area (Å²) in [5, 5.41) is 0.797. The monoisotopic (exact) mass is 639 g/mol. The van der Waals surface area contributed by atoms with E-state index in [0.29, 0.717) is 35.8 Å². The molecule has 1 aliphatic heterocycles. The number of hydrogen-bond acceptors (Lipinski definition) is 6. The second kappa shape index (κ2) is 13.4. The first-order valence-electron chi connectivity index (χ1n) is 17.3. The quantitative estimate of drug-likeness (QED) is 0.173. The van der Waals surface area contributed by atoms with Gasteiger partial charge in [-0.2, -0.15) is 0 Å². The molecular formula is C39H46ClN3O3. The van der Waals surface area contributed by atoms with Gasteiger partial charge < -0.3 is 14.4 Å². The number of anilines is 1. The number of allylic oxidation sites excluding steroid dienone is 2. The molecule has 6 atom stereocenters. The molecule has 2 heterocycles. The van der Waals surface area contributed by atoms with Gasteiger partial charge in [-0.05, 0) is 128 Å². The number of fused-ring (bicyclic) bond motifs is 3. The van der Waals surface area contributed by atoms with Crippen LogP contribution >= 0.6 is 11.6 Å². The summed E-state index contributed by atoms with van der Waals surface area (Å²) in [6.07, 6.45) is 19.2. The summed E-state index contributed by atoms with van der Waals surface area (Å²) in [4.78, 5) is 24.0. The molecule has 0 amide bonds. The lowest BCUT2D eigenvalue weighted by molar-refractivity contribution is 0.0600. The van der Waals surface area contributed by atoms with Crippen LogP contribution in [-0.4, -0.2) is 42.7 Å². The van der Waals surface area contributed by atoms with Crippen LogP contribution in [0.4, 0.5) is 5.69 Å². The Bertz CT molecular complexity index is 1580. The van der Waals surface area contributed by atoms with Gasteiger partial charge in [0.25, 0.3) is 0 Å². The van der Waals surface area contributed by atoms with E-state index in [0.717, 1.165) is 67.0 Å². The largest absolute Gasteiger partial charge is 0.490 e. The van der Waals surface area contributed by atoms with Crippen molar-refractivity contribution in [3.63, 3.8) is 0 Å². The predicted octanol–water partition coefficient (Wildman–Crippen LogP) is 8.27. The maximum Gasteiger partial charge on any atom is 0.337 e. The molecule has 3 aliphatic carbocycles. The number of esters is 1. The van der Waals surface area contributed by atoms with Gasteiger partial charge in [0.1, 0.15) is 11.6 Å². The van der Waals surface area contributed by atoms with E-state index in [1.807, 2.05) is 42.7 Å². The lowest BCUT2D eigenvalue weighted by atomic mass is 9.65. The molecule has 1 spiro atoms. The highest BCUT2D eigenvalue weighted by molar-refractivity contribution is 6.30. The van der Waals surface area contributed by atoms with Crippen LogP contribution in [-0.2, 0) is 23.0 Å². The van der Waals surface area contributed by atoms with Crippen LogP contribution in [0.25, 0.3) is 0 Å². The zero-order valence-corrected chi connectivity index (χ0v) is 27.9. The number of carbonyl (C=O) groups is 1. The average molecular weight is 640 g/mol. The van der Waals surface area contributed by atoms with Gasteiger partial charge >= 0.3 is 5.97 Å². The van der Waals surface area contributed by atoms with E-state index < -0.39 is 0 Å². The Kier molecular flexibility index (Phi) is 9.09. The minimum absolute atomic E-state index is 0.128. The fraction of sp³-hybridized carbons (Fsp3) is 0.513. The molecule has 2 aromatic carbocycles. The standard InChI is InChI=1S/C39H46ClN3O3/c1-26(6-7-27-8-9-28(27)12-17-37-41-19-4-20-42-37)33-14-10-31(33)23-43-24-39(18-3-5-29-21-32(40)13-15-34(29)39)25-46-36-16-11-30(22-35(36)43)38(44)45-2/h4,6-7,11,13,15-16,19-22,26-28,31,33H,3,5,8-10,12,14,17-18,23-25H2,1-2H3/b7-6-/t26-,27-,28+,31-,33-,39-/m0/s1. The molecule has 6 nitrogen and oxygen atoms in total. The Morgan fingerprint density at radius 1 is 1.13 bits per heavy atom. The number of nitrogens with zero attached hydrogens (tertiary/aromatic N) is 3. The van der Waals surface area contributed by atoms with Gasteiger partial charge in [0, 0.05) is 42.3 Å². The van der Waals surface area contributed by atoms with E-state index in [1.165, 1.54) is 50.3 Å². The molecule has 1 aromatic heterocycles. The molecule has 0 unspecified atom stereocenters. The smallest absolute Gasteiger partial charge is 0.337 e. The SMILES string of the molecule is COC(=O)c1ccc2c(c1)N(C[C@@H]1CC[C@H]1[C@@H](C)/C=C\[C@H]1CC[C@@H]1CCc1ncccn1)C[C@@]1(CCCc3cc(Cl)ccc31)CO2. The fourth-order valence-corrected chi connectivity index (χ4v) is 8.79. The second-order valence-electron chi connectivity index (χ2n) is 14.2. The van der Waals surface area contributed by atoms with E-state index >= 15 is 0 Å². The van der Waals surface area contributed by atoms with Gasteiger partial charge in [-0.15, -0.1) is 0 Å². The summed E-state index contributed by atoms with van der Waals surface area (Å²) in [6.45, 7) is 4.85. The third kappa shape index (κ3) is 6.30. The molecule has 0 radical (unpaired) electrons. The molecule has 0 bridgehead atoms. The van der Waals surface area contributed by atoms with Gasteiger partial charge in [0.2, 0.25) is 0 Å². The number of methoxy groups -OCH3 is 1. The molecule has 242 valence electrons. The van der Waals surface area contributed by atoms with Gasteiger partial charge in [-0.3, -0.25) is 0 Å². The normalized spacial score (nSPS) is 27.5. The fourth-order valence-electron chi connectivity index (χ4n) is 8.60. The summed E-state index contributed by atoms with van der Waals surface area (Å²) in [7, 11) is 1.44. The summed E-state index contributed by atoms with van der Waals surface area (Å²) in [5.41, 5.74) is 4.16. The molecule has 0 saturated heterocycles. The Labute approximate surface area is 278 Å². The molecular weight excluding hydrogens is 594 g/mol. The van der Waals surface area contributed by atoms with Gasteiger partial charge in [-0.25, -0.2) is 14.8 Å². The van der Waals surface area contributed by atoms with Crippen molar-refractivity contribution in [3.8, 4) is 5.75 Å². The number of ether oxygens (including phenoxy) is 2. The molecule has 3 aromatic rings. The van der Waals surface area contributed by atoms with Crippen molar-refractivity contribution < 1.29 is 14.3 Å². The highest BCUT2D eigenvalue weighted by Crippen LogP contribution is 2.48. The third-order valence-corrected chi connectivity index (χ3v) is 11.8. The van der Waals surface area contributed by atoms with Crippen LogP contribution in [0.1, 0.15) is 79.2 Å². The van der Waals surface area contributed by atoms with Crippen molar-refractivity contribution in [3.05, 3.63) is 94.5 Å². The van der Waals surface area contributed by atoms with Crippen LogP contribution in [0.15, 0.2) is 67.0 Å². The van der Waals surface area contributed by atoms with Crippen LogP contribution < -0.4 is 9.64 Å². The van der Waals surface area contributed by atoms with Gasteiger partial charge in [-0.1, -0.05) is 36.7 Å². The number of hydrogen-bond donors (Lipinski definition) is 0. The summed E-state index contributed by atoms with van der Waals surface area (Å²) < 4.78 is 11.7. The van der Waals surface area contributed by atoms with Gasteiger partial charge in [0.05, 0.1) is 25.0 Å². The summed E-state index contributed by atoms with van der Waals surface area (Å²) in [5.74, 6) is 4.69. The van der Waals surface area contributed by atoms with Crippen LogP contribution in [0.3, 0.4) is 0 Å². The highest BCUT2D eigenvalue weighted by atomic mass is 35.5. The molecule has 7 heteroatoms. The number of aryl methyl sites for hydroxylation is 2. The van der Waals surface area contributed by atoms with E-state index in [9.17, 15) is 4.79 Å². The van der Waals surface area contributed by atoms with Crippen LogP contribution in [0.2, 0.25) is 5.02 Å². The van der Waals surface area contributed by atoms with Crippen LogP contribution in [0, 0.1) is 29.6 Å². The van der Waals surface area contributed by atoms with Gasteiger partial charge in [0.15, 0.2) is 0 Å². The lowest BCUT2D eigenvalue weighted by Gasteiger charge is -2.46. The molecule has 7 rings (SSSR count). The van der Waals surface area contributed by atoms with Crippen molar-refractivity contribution in [1.29, 1.82) is 0 Å². The van der Waals surface area contributed by atoms with Crippen molar-refractivity contribution >= 4 is 23.3 Å². The second-order valence-corrected chi connectivity index (χ2v) is 14.7. The minimum Gasteiger partial charge on any atom is -0.490 e. The molecule has 2 saturated carbocycles. The minimum atomic E-state index is -0.315. The number of aromatic nitrogens is 2. The van der Waals surface area contributed by atoms with Crippen molar-refractivity contribution in [2.24, 2.45) is 29.6 Å². The Morgan fingerprint density at radius 2 is 1.98 bits per heavy atom. The maximum absolute atomic E-state index is 12.6. The van der Waals surface area contributed by atoms with Crippen molar-refractivity contribution in [2.75, 3.05) is 31.7 Å². The average Bonchev–Trinajstić information content (AvgIpc) is 3.19. The first-order valence-corrected chi connectivity index (χ1v) is 17.6. The number of benzene rings is 2. The number of carbonyl (C=O) groups excluding carboxylic acids is 1. The Hall–Kier alpha value is -3.38. The first kappa shape index (κ1) is 31.2.